The van der Waals surface area contributed by atoms with Crippen molar-refractivity contribution < 1.29 is 0 Å². The molecular weight excluding hydrogens is 290 g/mol. The number of nitrogens with zero attached hydrogens (tertiary/aromatic N) is 2. The topological polar surface area (TPSA) is 37.8 Å². The van der Waals surface area contributed by atoms with E-state index in [9.17, 15) is 0 Å². The highest BCUT2D eigenvalue weighted by Gasteiger charge is 2.29. The molecule has 124 valence electrons. The van der Waals surface area contributed by atoms with Gasteiger partial charge in [-0.2, -0.15) is 0 Å². The Kier molecular flexibility index (Phi) is 5.89. The van der Waals surface area contributed by atoms with Gasteiger partial charge in [0.05, 0.1) is 0 Å². The first-order valence-electron chi connectivity index (χ1n) is 8.54. The third-order valence-corrected chi connectivity index (χ3v) is 4.88. The second-order valence-corrected chi connectivity index (χ2v) is 8.56. The van der Waals surface area contributed by atoms with Crippen LogP contribution in [-0.2, 0) is 0 Å². The van der Waals surface area contributed by atoms with Crippen LogP contribution in [0.2, 0.25) is 0 Å². The van der Waals surface area contributed by atoms with Gasteiger partial charge in [0.25, 0.3) is 0 Å². The summed E-state index contributed by atoms with van der Waals surface area (Å²) in [6.07, 6.45) is 8.38. The normalized spacial score (nSPS) is 33.4. The maximum absolute atomic E-state index is 4.55. The van der Waals surface area contributed by atoms with Crippen molar-refractivity contribution in [2.24, 2.45) is 11.8 Å². The molecule has 1 aliphatic heterocycles. The minimum absolute atomic E-state index is 0.191. The maximum Gasteiger partial charge on any atom is 0.131 e. The minimum Gasteiger partial charge on any atom is -0.309 e. The fraction of sp³-hybridized carbons (Fsp3) is 0.778. The van der Waals surface area contributed by atoms with Gasteiger partial charge in [0.1, 0.15) is 5.82 Å². The summed E-state index contributed by atoms with van der Waals surface area (Å²) in [5.41, 5.74) is 0.191. The molecule has 1 saturated heterocycles. The van der Waals surface area contributed by atoms with E-state index in [2.05, 4.69) is 62.5 Å². The Morgan fingerprint density at radius 1 is 1.05 bits per heavy atom. The van der Waals surface area contributed by atoms with Gasteiger partial charge >= 0.3 is 0 Å². The van der Waals surface area contributed by atoms with Crippen molar-refractivity contribution in [2.45, 2.75) is 82.7 Å². The Morgan fingerprint density at radius 3 is 2.27 bits per heavy atom. The summed E-state index contributed by atoms with van der Waals surface area (Å²) in [7, 11) is 0. The van der Waals surface area contributed by atoms with E-state index < -0.39 is 0 Å². The molecule has 0 saturated carbocycles. The molecule has 1 aliphatic rings. The van der Waals surface area contributed by atoms with Crippen molar-refractivity contribution >= 4 is 12.6 Å². The molecule has 3 nitrogen and oxygen atoms in total. The van der Waals surface area contributed by atoms with E-state index in [-0.39, 0.29) is 5.54 Å². The van der Waals surface area contributed by atoms with Crippen molar-refractivity contribution in [3.8, 4) is 0 Å². The third kappa shape index (κ3) is 5.24. The Balaban J connectivity index is 2.20. The fourth-order valence-electron chi connectivity index (χ4n) is 4.26. The van der Waals surface area contributed by atoms with Crippen LogP contribution in [0.5, 0.6) is 0 Å². The van der Waals surface area contributed by atoms with Gasteiger partial charge in [0.15, 0.2) is 0 Å². The zero-order valence-corrected chi connectivity index (χ0v) is 15.5. The Morgan fingerprint density at radius 2 is 1.64 bits per heavy atom. The quantitative estimate of drug-likeness (QED) is 0.750. The van der Waals surface area contributed by atoms with E-state index >= 15 is 0 Å². The molecule has 0 bridgehead atoms. The summed E-state index contributed by atoms with van der Waals surface area (Å²) in [6, 6.07) is 0.552. The number of hydrogen-bond acceptors (Lipinski definition) is 4. The zero-order chi connectivity index (χ0) is 16.3. The van der Waals surface area contributed by atoms with E-state index in [0.717, 1.165) is 17.1 Å². The van der Waals surface area contributed by atoms with Gasteiger partial charge in [0.2, 0.25) is 0 Å². The molecule has 4 unspecified atom stereocenters. The van der Waals surface area contributed by atoms with Gasteiger partial charge in [-0.1, -0.05) is 13.8 Å². The van der Waals surface area contributed by atoms with Crippen molar-refractivity contribution in [3.63, 3.8) is 0 Å². The molecule has 1 fully saturated rings. The molecule has 0 aliphatic carbocycles. The summed E-state index contributed by atoms with van der Waals surface area (Å²) in [4.78, 5) is 9.94. The van der Waals surface area contributed by atoms with Gasteiger partial charge < -0.3 is 5.32 Å². The summed E-state index contributed by atoms with van der Waals surface area (Å²) >= 11 is 4.30. The van der Waals surface area contributed by atoms with E-state index in [1.165, 1.54) is 19.3 Å². The lowest BCUT2D eigenvalue weighted by Gasteiger charge is -2.36. The molecular formula is C18H31N3S. The lowest BCUT2D eigenvalue weighted by Crippen LogP contribution is -2.47. The first kappa shape index (κ1) is 17.7. The van der Waals surface area contributed by atoms with E-state index in [0.29, 0.717) is 23.8 Å². The van der Waals surface area contributed by atoms with Gasteiger partial charge in [-0.15, -0.1) is 12.6 Å². The molecule has 1 aromatic heterocycles. The van der Waals surface area contributed by atoms with Gasteiger partial charge in [-0.05, 0) is 58.3 Å². The average molecular weight is 322 g/mol. The van der Waals surface area contributed by atoms with Crippen molar-refractivity contribution in [2.75, 3.05) is 0 Å². The molecule has 1 N–H and O–H groups in total. The first-order chi connectivity index (χ1) is 10.2. The zero-order valence-electron chi connectivity index (χ0n) is 14.6. The number of hydrogen-bond donors (Lipinski definition) is 2. The molecule has 2 rings (SSSR count). The molecule has 0 spiro atoms. The van der Waals surface area contributed by atoms with Crippen molar-refractivity contribution in [1.82, 2.24) is 15.3 Å². The van der Waals surface area contributed by atoms with Crippen molar-refractivity contribution in [3.05, 3.63) is 18.2 Å². The molecule has 22 heavy (non-hydrogen) atoms. The number of aromatic nitrogens is 2. The van der Waals surface area contributed by atoms with Crippen LogP contribution in [-0.4, -0.2) is 21.5 Å². The third-order valence-electron chi connectivity index (χ3n) is 4.65. The van der Waals surface area contributed by atoms with E-state index in [4.69, 9.17) is 0 Å². The van der Waals surface area contributed by atoms with Crippen LogP contribution in [0.1, 0.15) is 72.0 Å². The SMILES string of the molecule is CC1CC(C)NC(C)(C)CC(C)CC(c2ncc(S)cn2)C1. The van der Waals surface area contributed by atoms with Crippen LogP contribution < -0.4 is 5.32 Å². The van der Waals surface area contributed by atoms with E-state index in [1.54, 1.807) is 0 Å². The molecule has 0 aromatic carbocycles. The van der Waals surface area contributed by atoms with Crippen molar-refractivity contribution in [1.29, 1.82) is 0 Å². The average Bonchev–Trinajstić information content (AvgIpc) is 2.35. The highest BCUT2D eigenvalue weighted by atomic mass is 32.1. The lowest BCUT2D eigenvalue weighted by molar-refractivity contribution is 0.222. The highest BCUT2D eigenvalue weighted by molar-refractivity contribution is 7.80. The van der Waals surface area contributed by atoms with Crippen LogP contribution in [0, 0.1) is 11.8 Å². The largest absolute Gasteiger partial charge is 0.309 e. The number of rotatable bonds is 1. The summed E-state index contributed by atoms with van der Waals surface area (Å²) < 4.78 is 0. The summed E-state index contributed by atoms with van der Waals surface area (Å²) in [5, 5.41) is 3.81. The standard InChI is InChI=1S/C18H31N3S/c1-12-6-14(3)21-18(4,5)9-13(2)8-15(7-12)17-19-10-16(22)11-20-17/h10-15,21-22H,6-9H2,1-5H3. The molecule has 4 heteroatoms. The summed E-state index contributed by atoms with van der Waals surface area (Å²) in [5.74, 6) is 2.78. The second-order valence-electron chi connectivity index (χ2n) is 8.05. The predicted molar refractivity (Wildman–Crippen MR) is 95.5 cm³/mol. The molecule has 0 radical (unpaired) electrons. The first-order valence-corrected chi connectivity index (χ1v) is 8.98. The summed E-state index contributed by atoms with van der Waals surface area (Å²) in [6.45, 7) is 11.7. The fourth-order valence-corrected chi connectivity index (χ4v) is 4.38. The second kappa shape index (κ2) is 7.31. The van der Waals surface area contributed by atoms with Crippen LogP contribution in [0.15, 0.2) is 17.3 Å². The molecule has 1 aromatic rings. The Hall–Kier alpha value is -0.610. The van der Waals surface area contributed by atoms with Gasteiger partial charge in [0, 0.05) is 34.8 Å². The molecule has 0 amide bonds. The van der Waals surface area contributed by atoms with Crippen LogP contribution in [0.25, 0.3) is 0 Å². The van der Waals surface area contributed by atoms with Crippen LogP contribution >= 0.6 is 12.6 Å². The predicted octanol–water partition coefficient (Wildman–Crippen LogP) is 4.45. The monoisotopic (exact) mass is 321 g/mol. The Bertz CT molecular complexity index is 472. The number of nitrogens with one attached hydrogen (secondary N) is 1. The number of thiol groups is 1. The smallest absolute Gasteiger partial charge is 0.131 e. The van der Waals surface area contributed by atoms with Crippen LogP contribution in [0.4, 0.5) is 0 Å². The van der Waals surface area contributed by atoms with Crippen LogP contribution in [0.3, 0.4) is 0 Å². The van der Waals surface area contributed by atoms with Gasteiger partial charge in [-0.25, -0.2) is 9.97 Å². The highest BCUT2D eigenvalue weighted by Crippen LogP contribution is 2.34. The Labute approximate surface area is 141 Å². The van der Waals surface area contributed by atoms with E-state index in [1.807, 2.05) is 12.4 Å². The molecule has 4 atom stereocenters. The maximum atomic E-state index is 4.55. The van der Waals surface area contributed by atoms with Gasteiger partial charge in [-0.3, -0.25) is 0 Å². The minimum atomic E-state index is 0.191. The lowest BCUT2D eigenvalue weighted by atomic mass is 9.79. The molecule has 2 heterocycles.